The summed E-state index contributed by atoms with van der Waals surface area (Å²) in [4.78, 5) is 30.7. The summed E-state index contributed by atoms with van der Waals surface area (Å²) in [6.45, 7) is 0. The Morgan fingerprint density at radius 1 is 0.306 bits per heavy atom. The molecule has 0 fully saturated rings. The Bertz CT molecular complexity index is 3570. The first kappa shape index (κ1) is 35.7. The van der Waals surface area contributed by atoms with Crippen LogP contribution in [0.5, 0.6) is 0 Å². The van der Waals surface area contributed by atoms with Crippen molar-refractivity contribution in [2.45, 2.75) is 0 Å². The van der Waals surface area contributed by atoms with Crippen LogP contribution in [-0.2, 0) is 0 Å². The molecule has 4 heterocycles. The largest absolute Gasteiger partial charge is 0.278 e. The molecule has 7 nitrogen and oxygen atoms in total. The van der Waals surface area contributed by atoms with Gasteiger partial charge in [0.2, 0.25) is 5.95 Å². The van der Waals surface area contributed by atoms with Gasteiger partial charge in [0.05, 0.1) is 11.0 Å². The highest BCUT2D eigenvalue weighted by Crippen LogP contribution is 2.41. The molecular weight excluding hydrogens is 779 g/mol. The molecule has 0 amide bonds. The van der Waals surface area contributed by atoms with Crippen LogP contribution < -0.4 is 0 Å². The molecule has 8 heteroatoms. The molecule has 0 aliphatic heterocycles. The lowest BCUT2D eigenvalue weighted by Crippen LogP contribution is -2.06. The maximum Gasteiger partial charge on any atom is 0.238 e. The second-order valence-corrected chi connectivity index (χ2v) is 16.2. The van der Waals surface area contributed by atoms with E-state index in [9.17, 15) is 0 Å². The second kappa shape index (κ2) is 14.8. The number of para-hydroxylation sites is 2. The lowest BCUT2D eigenvalue weighted by atomic mass is 10.0. The number of benzene rings is 8. The Kier molecular flexibility index (Phi) is 8.53. The number of nitrogens with zero attached hydrogens (tertiary/aromatic N) is 7. The molecule has 8 aromatic carbocycles. The first-order valence-electron chi connectivity index (χ1n) is 20.5. The van der Waals surface area contributed by atoms with Crippen molar-refractivity contribution in [3.05, 3.63) is 200 Å². The van der Waals surface area contributed by atoms with E-state index in [-0.39, 0.29) is 0 Å². The van der Waals surface area contributed by atoms with Crippen molar-refractivity contribution >= 4 is 53.3 Å². The van der Waals surface area contributed by atoms with Crippen molar-refractivity contribution in [3.8, 4) is 74.0 Å². The van der Waals surface area contributed by atoms with Gasteiger partial charge in [-0.25, -0.2) is 19.9 Å². The molecule has 62 heavy (non-hydrogen) atoms. The fraction of sp³-hybridized carbons (Fsp3) is 0. The average molecular weight is 812 g/mol. The normalized spacial score (nSPS) is 11.5. The first-order valence-corrected chi connectivity index (χ1v) is 21.3. The van der Waals surface area contributed by atoms with Crippen molar-refractivity contribution in [2.75, 3.05) is 0 Å². The van der Waals surface area contributed by atoms with E-state index in [1.807, 2.05) is 66.7 Å². The molecule has 0 bridgehead atoms. The van der Waals surface area contributed by atoms with E-state index in [4.69, 9.17) is 29.9 Å². The van der Waals surface area contributed by atoms with Crippen molar-refractivity contribution < 1.29 is 0 Å². The average Bonchev–Trinajstić information content (AvgIpc) is 3.90. The van der Waals surface area contributed by atoms with Gasteiger partial charge in [0.15, 0.2) is 29.1 Å². The van der Waals surface area contributed by atoms with Gasteiger partial charge in [-0.15, -0.1) is 11.3 Å². The van der Waals surface area contributed by atoms with Crippen molar-refractivity contribution in [1.82, 2.24) is 34.5 Å². The van der Waals surface area contributed by atoms with Gasteiger partial charge in [-0.05, 0) is 35.4 Å². The second-order valence-electron chi connectivity index (χ2n) is 15.1. The highest BCUT2D eigenvalue weighted by atomic mass is 32.1. The Hall–Kier alpha value is -8.20. The van der Waals surface area contributed by atoms with Crippen LogP contribution in [0, 0.1) is 0 Å². The quantitative estimate of drug-likeness (QED) is 0.159. The Morgan fingerprint density at radius 2 is 0.742 bits per heavy atom. The van der Waals surface area contributed by atoms with Gasteiger partial charge in [0.25, 0.3) is 0 Å². The fourth-order valence-electron chi connectivity index (χ4n) is 8.35. The number of hydrogen-bond acceptors (Lipinski definition) is 7. The van der Waals surface area contributed by atoms with E-state index >= 15 is 0 Å². The zero-order valence-electron chi connectivity index (χ0n) is 33.1. The van der Waals surface area contributed by atoms with Crippen LogP contribution in [0.25, 0.3) is 116 Å². The third kappa shape index (κ3) is 6.20. The predicted molar refractivity (Wildman–Crippen MR) is 253 cm³/mol. The molecule has 0 saturated carbocycles. The molecule has 0 unspecified atom stereocenters. The van der Waals surface area contributed by atoms with Gasteiger partial charge in [-0.3, -0.25) is 4.57 Å². The summed E-state index contributed by atoms with van der Waals surface area (Å²) in [6, 6.07) is 68.8. The summed E-state index contributed by atoms with van der Waals surface area (Å²) in [6.07, 6.45) is 0. The lowest BCUT2D eigenvalue weighted by Gasteiger charge is -2.11. The van der Waals surface area contributed by atoms with Crippen LogP contribution >= 0.6 is 11.3 Å². The highest BCUT2D eigenvalue weighted by Gasteiger charge is 2.20. The molecule has 0 saturated heterocycles. The lowest BCUT2D eigenvalue weighted by molar-refractivity contribution is 0.954. The fourth-order valence-corrected chi connectivity index (χ4v) is 9.60. The third-order valence-electron chi connectivity index (χ3n) is 11.4. The SMILES string of the molecule is c1ccc(-c2ccc(-c3nc(-c4ccccc4)nc(-c4ccc5c(c4)sc4c(-c6nc(-c7ccccc7)nc(-n7c8ccccc8c8ccccc87)n6)cccc45)n3)cc2)cc1. The molecule has 0 radical (unpaired) electrons. The predicted octanol–water partition coefficient (Wildman–Crippen LogP) is 13.5. The Morgan fingerprint density at radius 3 is 1.37 bits per heavy atom. The summed E-state index contributed by atoms with van der Waals surface area (Å²) >= 11 is 1.72. The minimum atomic E-state index is 0.571. The zero-order valence-corrected chi connectivity index (χ0v) is 33.9. The minimum Gasteiger partial charge on any atom is -0.278 e. The van der Waals surface area contributed by atoms with E-state index in [2.05, 4.69) is 138 Å². The van der Waals surface area contributed by atoms with Crippen molar-refractivity contribution in [1.29, 1.82) is 0 Å². The van der Waals surface area contributed by atoms with Crippen LogP contribution in [-0.4, -0.2) is 34.5 Å². The van der Waals surface area contributed by atoms with E-state index < -0.39 is 0 Å². The number of fused-ring (bicyclic) bond motifs is 6. The Labute approximate surface area is 360 Å². The molecular formula is C54H33N7S. The first-order chi connectivity index (χ1) is 30.7. The topological polar surface area (TPSA) is 82.3 Å². The summed E-state index contributed by atoms with van der Waals surface area (Å²) in [7, 11) is 0. The maximum atomic E-state index is 5.28. The van der Waals surface area contributed by atoms with E-state index in [0.717, 1.165) is 80.9 Å². The summed E-state index contributed by atoms with van der Waals surface area (Å²) in [5.41, 5.74) is 9.01. The van der Waals surface area contributed by atoms with Crippen LogP contribution in [0.2, 0.25) is 0 Å². The number of thiophene rings is 1. The van der Waals surface area contributed by atoms with Gasteiger partial charge < -0.3 is 0 Å². The molecule has 0 spiro atoms. The van der Waals surface area contributed by atoms with E-state index in [1.165, 1.54) is 0 Å². The van der Waals surface area contributed by atoms with Crippen LogP contribution in [0.4, 0.5) is 0 Å². The Balaban J connectivity index is 1.00. The van der Waals surface area contributed by atoms with Gasteiger partial charge in [-0.2, -0.15) is 9.97 Å². The van der Waals surface area contributed by atoms with Gasteiger partial charge in [0.1, 0.15) is 0 Å². The smallest absolute Gasteiger partial charge is 0.238 e. The minimum absolute atomic E-state index is 0.571. The van der Waals surface area contributed by atoms with Crippen molar-refractivity contribution in [2.24, 2.45) is 0 Å². The molecule has 0 atom stereocenters. The molecule has 4 aromatic heterocycles. The zero-order chi connectivity index (χ0) is 41.0. The van der Waals surface area contributed by atoms with E-state index in [0.29, 0.717) is 35.1 Å². The molecule has 290 valence electrons. The van der Waals surface area contributed by atoms with Crippen LogP contribution in [0.1, 0.15) is 0 Å². The monoisotopic (exact) mass is 811 g/mol. The van der Waals surface area contributed by atoms with Gasteiger partial charge in [0, 0.05) is 58.8 Å². The maximum absolute atomic E-state index is 5.28. The van der Waals surface area contributed by atoms with Gasteiger partial charge >= 0.3 is 0 Å². The standard InChI is InChI=1S/C54H33N7S/c1-4-15-34(16-5-1)35-27-29-38(30-28-35)50-55-49(36-17-6-2-7-18-36)56-52(57-50)39-31-32-42-43-23-14-24-44(48(43)62-47(42)33-39)53-58-51(37-19-8-3-9-20-37)59-54(60-53)61-45-25-12-10-21-40(45)41-22-11-13-26-46(41)61/h1-33H. The molecule has 0 aliphatic carbocycles. The van der Waals surface area contributed by atoms with Gasteiger partial charge in [-0.1, -0.05) is 176 Å². The number of aromatic nitrogens is 7. The van der Waals surface area contributed by atoms with Crippen LogP contribution in [0.15, 0.2) is 200 Å². The van der Waals surface area contributed by atoms with E-state index in [1.54, 1.807) is 11.3 Å². The summed E-state index contributed by atoms with van der Waals surface area (Å²) in [5.74, 6) is 3.65. The summed E-state index contributed by atoms with van der Waals surface area (Å²) < 4.78 is 4.36. The number of rotatable bonds is 7. The van der Waals surface area contributed by atoms with Crippen LogP contribution in [0.3, 0.4) is 0 Å². The molecule has 12 aromatic rings. The third-order valence-corrected chi connectivity index (χ3v) is 12.6. The summed E-state index contributed by atoms with van der Waals surface area (Å²) in [5, 5.41) is 4.57. The molecule has 12 rings (SSSR count). The number of hydrogen-bond donors (Lipinski definition) is 0. The molecule has 0 N–H and O–H groups in total. The van der Waals surface area contributed by atoms with Crippen molar-refractivity contribution in [3.63, 3.8) is 0 Å². The molecule has 0 aliphatic rings. The highest BCUT2D eigenvalue weighted by molar-refractivity contribution is 7.26.